The van der Waals surface area contributed by atoms with Crippen molar-refractivity contribution in [2.24, 2.45) is 0 Å². The molecule has 0 aromatic heterocycles. The van der Waals surface area contributed by atoms with Crippen LogP contribution >= 0.6 is 24.8 Å². The van der Waals surface area contributed by atoms with Crippen LogP contribution in [0, 0.1) is 26.6 Å². The Labute approximate surface area is 209 Å². The number of esters is 1. The first-order chi connectivity index (χ1) is 14.8. The van der Waals surface area contributed by atoms with E-state index in [1.165, 1.54) is 19.1 Å². The van der Waals surface area contributed by atoms with E-state index in [4.69, 9.17) is 9.47 Å². The van der Waals surface area contributed by atoms with Crippen molar-refractivity contribution in [3.05, 3.63) is 52.8 Å². The van der Waals surface area contributed by atoms with Crippen molar-refractivity contribution in [3.8, 4) is 11.5 Å². The van der Waals surface area contributed by atoms with Gasteiger partial charge in [0.15, 0.2) is 0 Å². The molecule has 0 N–H and O–H groups in total. The molecule has 0 saturated carbocycles. The monoisotopic (exact) mass is 500 g/mol. The van der Waals surface area contributed by atoms with Crippen molar-refractivity contribution in [2.45, 2.75) is 40.5 Å². The van der Waals surface area contributed by atoms with Crippen LogP contribution in [0.2, 0.25) is 0 Å². The molecule has 0 spiro atoms. The molecule has 0 bridgehead atoms. The maximum Gasteiger partial charge on any atom is 0.308 e. The fourth-order valence-corrected chi connectivity index (χ4v) is 3.97. The van der Waals surface area contributed by atoms with Crippen molar-refractivity contribution in [3.63, 3.8) is 0 Å². The molecule has 8 heteroatoms. The van der Waals surface area contributed by atoms with Crippen LogP contribution in [0.4, 0.5) is 10.1 Å². The lowest BCUT2D eigenvalue weighted by molar-refractivity contribution is -0.131. The van der Waals surface area contributed by atoms with Crippen molar-refractivity contribution >= 4 is 36.5 Å². The number of unbranched alkanes of at least 4 members (excludes halogenated alkanes) is 1. The van der Waals surface area contributed by atoms with E-state index < -0.39 is 0 Å². The summed E-state index contributed by atoms with van der Waals surface area (Å²) in [5.41, 5.74) is 3.96. The maximum atomic E-state index is 13.1. The Morgan fingerprint density at radius 1 is 0.970 bits per heavy atom. The van der Waals surface area contributed by atoms with Gasteiger partial charge in [0.1, 0.15) is 17.3 Å². The molecule has 5 nitrogen and oxygen atoms in total. The molecule has 3 rings (SSSR count). The number of rotatable bonds is 8. The number of piperazine rings is 1. The number of anilines is 1. The number of halogens is 3. The van der Waals surface area contributed by atoms with E-state index in [2.05, 4.69) is 9.80 Å². The number of nitrogens with zero attached hydrogens (tertiary/aromatic N) is 2. The van der Waals surface area contributed by atoms with Gasteiger partial charge in [0, 0.05) is 38.8 Å². The number of benzene rings is 2. The molecule has 2 aromatic rings. The Morgan fingerprint density at radius 2 is 1.61 bits per heavy atom. The largest absolute Gasteiger partial charge is 0.493 e. The first-order valence-electron chi connectivity index (χ1n) is 11.0. The Morgan fingerprint density at radius 3 is 2.21 bits per heavy atom. The van der Waals surface area contributed by atoms with Gasteiger partial charge in [-0.25, -0.2) is 4.39 Å². The van der Waals surface area contributed by atoms with Gasteiger partial charge in [0.25, 0.3) is 0 Å². The normalized spacial score (nSPS) is 13.7. The molecule has 1 aliphatic heterocycles. The zero-order chi connectivity index (χ0) is 22.4. The predicted molar refractivity (Wildman–Crippen MR) is 136 cm³/mol. The number of hydrogen-bond acceptors (Lipinski definition) is 5. The lowest BCUT2D eigenvalue weighted by Gasteiger charge is -2.36. The van der Waals surface area contributed by atoms with Gasteiger partial charge in [-0.05, 0) is 87.2 Å². The first kappa shape index (κ1) is 29.0. The Balaban J connectivity index is 0.00000272. The topological polar surface area (TPSA) is 42.0 Å². The summed E-state index contributed by atoms with van der Waals surface area (Å²) in [6.45, 7) is 13.0. The Bertz CT molecular complexity index is 902. The molecular formula is C25H35Cl2FN2O3. The van der Waals surface area contributed by atoms with E-state index in [-0.39, 0.29) is 36.6 Å². The van der Waals surface area contributed by atoms with Gasteiger partial charge in [-0.1, -0.05) is 0 Å². The summed E-state index contributed by atoms with van der Waals surface area (Å²) in [7, 11) is 0. The van der Waals surface area contributed by atoms with E-state index in [9.17, 15) is 9.18 Å². The quantitative estimate of drug-likeness (QED) is 0.272. The van der Waals surface area contributed by atoms with Gasteiger partial charge in [-0.3, -0.25) is 9.69 Å². The van der Waals surface area contributed by atoms with Crippen LogP contribution in [-0.4, -0.2) is 50.2 Å². The second-order valence-corrected chi connectivity index (χ2v) is 8.23. The zero-order valence-corrected chi connectivity index (χ0v) is 21.5. The summed E-state index contributed by atoms with van der Waals surface area (Å²) >= 11 is 0. The van der Waals surface area contributed by atoms with Gasteiger partial charge in [-0.15, -0.1) is 24.8 Å². The maximum absolute atomic E-state index is 13.1. The van der Waals surface area contributed by atoms with E-state index >= 15 is 0 Å². The first-order valence-corrected chi connectivity index (χ1v) is 11.0. The molecule has 1 fully saturated rings. The zero-order valence-electron chi connectivity index (χ0n) is 19.9. The number of hydrogen-bond donors (Lipinski definition) is 0. The number of ether oxygens (including phenoxy) is 2. The summed E-state index contributed by atoms with van der Waals surface area (Å²) in [5.74, 6) is 0.999. The van der Waals surface area contributed by atoms with Crippen molar-refractivity contribution in [1.29, 1.82) is 0 Å². The molecule has 1 heterocycles. The highest BCUT2D eigenvalue weighted by molar-refractivity contribution is 5.85. The average Bonchev–Trinajstić information content (AvgIpc) is 2.75. The smallest absolute Gasteiger partial charge is 0.308 e. The lowest BCUT2D eigenvalue weighted by Crippen LogP contribution is -2.46. The summed E-state index contributed by atoms with van der Waals surface area (Å²) in [5, 5.41) is 0. The average molecular weight is 501 g/mol. The fraction of sp³-hybridized carbons (Fsp3) is 0.480. The van der Waals surface area contributed by atoms with Gasteiger partial charge in [-0.2, -0.15) is 0 Å². The predicted octanol–water partition coefficient (Wildman–Crippen LogP) is 5.50. The lowest BCUT2D eigenvalue weighted by atomic mass is 10.0. The molecule has 0 aliphatic carbocycles. The molecular weight excluding hydrogens is 466 g/mol. The highest BCUT2D eigenvalue weighted by Crippen LogP contribution is 2.33. The second kappa shape index (κ2) is 13.6. The molecule has 0 atom stereocenters. The molecule has 0 radical (unpaired) electrons. The van der Waals surface area contributed by atoms with Gasteiger partial charge >= 0.3 is 5.97 Å². The minimum Gasteiger partial charge on any atom is -0.493 e. The van der Waals surface area contributed by atoms with Crippen molar-refractivity contribution in [1.82, 2.24) is 4.90 Å². The van der Waals surface area contributed by atoms with Crippen LogP contribution in [0.25, 0.3) is 0 Å². The van der Waals surface area contributed by atoms with Crippen LogP contribution in [0.5, 0.6) is 11.5 Å². The van der Waals surface area contributed by atoms with Gasteiger partial charge in [0.05, 0.1) is 6.61 Å². The number of carbonyl (C=O) groups is 1. The van der Waals surface area contributed by atoms with Gasteiger partial charge in [0.2, 0.25) is 0 Å². The molecule has 1 aliphatic rings. The third-order valence-electron chi connectivity index (χ3n) is 5.91. The standard InChI is InChI=1S/C25H33FN2O3.2ClH/c1-18-17-24(19(2)20(3)25(18)31-21(4)29)30-16-6-5-11-27-12-14-28(15-13-27)23-9-7-22(26)8-10-23;;/h7-10,17H,5-6,11-16H2,1-4H3;2*1H. The Hall–Kier alpha value is -2.02. The molecule has 2 aromatic carbocycles. The third-order valence-corrected chi connectivity index (χ3v) is 5.91. The van der Waals surface area contributed by atoms with Crippen LogP contribution in [0.15, 0.2) is 30.3 Å². The van der Waals surface area contributed by atoms with Crippen LogP contribution in [0.1, 0.15) is 36.5 Å². The van der Waals surface area contributed by atoms with Gasteiger partial charge < -0.3 is 14.4 Å². The van der Waals surface area contributed by atoms with E-state index in [1.54, 1.807) is 0 Å². The highest BCUT2D eigenvalue weighted by atomic mass is 35.5. The van der Waals surface area contributed by atoms with Crippen LogP contribution < -0.4 is 14.4 Å². The molecule has 33 heavy (non-hydrogen) atoms. The minimum absolute atomic E-state index is 0. The van der Waals surface area contributed by atoms with Crippen LogP contribution in [-0.2, 0) is 4.79 Å². The fourth-order valence-electron chi connectivity index (χ4n) is 3.97. The van der Waals surface area contributed by atoms with E-state index in [1.807, 2.05) is 39.0 Å². The second-order valence-electron chi connectivity index (χ2n) is 8.23. The molecule has 0 amide bonds. The summed E-state index contributed by atoms with van der Waals surface area (Å²) in [6, 6.07) is 8.71. The van der Waals surface area contributed by atoms with Crippen LogP contribution in [0.3, 0.4) is 0 Å². The molecule has 184 valence electrons. The summed E-state index contributed by atoms with van der Waals surface area (Å²) < 4.78 is 24.5. The van der Waals surface area contributed by atoms with E-state index in [0.717, 1.165) is 73.7 Å². The summed E-state index contributed by atoms with van der Waals surface area (Å²) in [6.07, 6.45) is 2.07. The SMILES string of the molecule is CC(=O)Oc1c(C)cc(OCCCCN2CCN(c3ccc(F)cc3)CC2)c(C)c1C.Cl.Cl. The molecule has 1 saturated heterocycles. The Kier molecular flexibility index (Phi) is 12.0. The summed E-state index contributed by atoms with van der Waals surface area (Å²) in [4.78, 5) is 16.1. The van der Waals surface area contributed by atoms with Crippen molar-refractivity contribution in [2.75, 3.05) is 44.2 Å². The number of aryl methyl sites for hydroxylation is 1. The third kappa shape index (κ3) is 8.05. The highest BCUT2D eigenvalue weighted by Gasteiger charge is 2.17. The number of carbonyl (C=O) groups excluding carboxylic acids is 1. The molecule has 0 unspecified atom stereocenters. The minimum atomic E-state index is -0.308. The van der Waals surface area contributed by atoms with E-state index in [0.29, 0.717) is 12.4 Å². The van der Waals surface area contributed by atoms with Crippen molar-refractivity contribution < 1.29 is 18.7 Å².